The minimum absolute atomic E-state index is 0.337. The van der Waals surface area contributed by atoms with E-state index in [1.165, 1.54) is 4.57 Å². The Balaban J connectivity index is 2.17. The van der Waals surface area contributed by atoms with Crippen LogP contribution < -0.4 is 0 Å². The van der Waals surface area contributed by atoms with E-state index in [0.29, 0.717) is 6.61 Å². The lowest BCUT2D eigenvalue weighted by Crippen LogP contribution is -2.13. The molecule has 0 spiro atoms. The van der Waals surface area contributed by atoms with E-state index in [2.05, 4.69) is 11.9 Å². The Morgan fingerprint density at radius 3 is 3.19 bits per heavy atom. The highest BCUT2D eigenvalue weighted by atomic mass is 16.5. The van der Waals surface area contributed by atoms with Crippen LogP contribution in [0.15, 0.2) is 30.6 Å². The van der Waals surface area contributed by atoms with Gasteiger partial charge in [-0.2, -0.15) is 0 Å². The van der Waals surface area contributed by atoms with Crippen LogP contribution in [-0.4, -0.2) is 22.3 Å². The van der Waals surface area contributed by atoms with E-state index in [1.807, 2.05) is 6.07 Å². The van der Waals surface area contributed by atoms with Gasteiger partial charge in [0, 0.05) is 12.4 Å². The van der Waals surface area contributed by atoms with Crippen LogP contribution in [0, 0.1) is 0 Å². The highest BCUT2D eigenvalue weighted by molar-refractivity contribution is 5.86. The minimum Gasteiger partial charge on any atom is -0.449 e. The number of fused-ring (bicyclic) bond motifs is 1. The predicted molar refractivity (Wildman–Crippen MR) is 61.4 cm³/mol. The molecule has 2 heterocycles. The van der Waals surface area contributed by atoms with Gasteiger partial charge in [-0.05, 0) is 24.6 Å². The quantitative estimate of drug-likeness (QED) is 0.744. The molecule has 0 aliphatic carbocycles. The second kappa shape index (κ2) is 4.79. The minimum atomic E-state index is -0.337. The largest absolute Gasteiger partial charge is 0.449 e. The molecule has 2 aromatic heterocycles. The second-order valence-corrected chi connectivity index (χ2v) is 3.56. The van der Waals surface area contributed by atoms with E-state index >= 15 is 0 Å². The topological polar surface area (TPSA) is 44.1 Å². The maximum Gasteiger partial charge on any atom is 0.418 e. The maximum atomic E-state index is 11.7. The van der Waals surface area contributed by atoms with E-state index < -0.39 is 0 Å². The number of rotatable bonds is 3. The molecule has 0 amide bonds. The molecule has 0 bridgehead atoms. The number of ether oxygens (including phenoxy) is 1. The van der Waals surface area contributed by atoms with Gasteiger partial charge in [0.2, 0.25) is 0 Å². The molecule has 2 aromatic rings. The van der Waals surface area contributed by atoms with Crippen molar-refractivity contribution >= 4 is 17.1 Å². The number of carbonyl (C=O) groups excluding carboxylic acids is 1. The first-order valence-electron chi connectivity index (χ1n) is 5.42. The van der Waals surface area contributed by atoms with Crippen LogP contribution in [0.25, 0.3) is 11.0 Å². The predicted octanol–water partition coefficient (Wildman–Crippen LogP) is 2.82. The fourth-order valence-electron chi connectivity index (χ4n) is 1.50. The van der Waals surface area contributed by atoms with Crippen LogP contribution in [-0.2, 0) is 4.74 Å². The number of nitrogens with zero attached hydrogens (tertiary/aromatic N) is 2. The van der Waals surface area contributed by atoms with Crippen LogP contribution in [0.2, 0.25) is 0 Å². The zero-order chi connectivity index (χ0) is 11.4. The summed E-state index contributed by atoms with van der Waals surface area (Å²) in [5.74, 6) is 0. The molecule has 4 heteroatoms. The summed E-state index contributed by atoms with van der Waals surface area (Å²) in [7, 11) is 0. The molecule has 0 aliphatic rings. The van der Waals surface area contributed by atoms with Crippen molar-refractivity contribution in [2.24, 2.45) is 0 Å². The number of aromatic nitrogens is 2. The fraction of sp³-hybridized carbons (Fsp3) is 0.333. The van der Waals surface area contributed by atoms with Crippen molar-refractivity contribution in [3.05, 3.63) is 30.6 Å². The van der Waals surface area contributed by atoms with Crippen LogP contribution >= 0.6 is 0 Å². The lowest BCUT2D eigenvalue weighted by Gasteiger charge is -2.05. The van der Waals surface area contributed by atoms with Crippen LogP contribution in [0.3, 0.4) is 0 Å². The number of hydrogen-bond donors (Lipinski definition) is 0. The second-order valence-electron chi connectivity index (χ2n) is 3.56. The number of carbonyl (C=O) groups is 1. The van der Waals surface area contributed by atoms with E-state index in [0.717, 1.165) is 23.9 Å². The van der Waals surface area contributed by atoms with E-state index in [4.69, 9.17) is 4.74 Å². The highest BCUT2D eigenvalue weighted by Crippen LogP contribution is 2.12. The van der Waals surface area contributed by atoms with Crippen LogP contribution in [0.1, 0.15) is 19.8 Å². The number of hydrogen-bond acceptors (Lipinski definition) is 3. The summed E-state index contributed by atoms with van der Waals surface area (Å²) >= 11 is 0. The molecule has 0 N–H and O–H groups in total. The van der Waals surface area contributed by atoms with E-state index in [9.17, 15) is 4.79 Å². The fourth-order valence-corrected chi connectivity index (χ4v) is 1.50. The van der Waals surface area contributed by atoms with Crippen molar-refractivity contribution in [2.45, 2.75) is 19.8 Å². The molecule has 0 aliphatic heterocycles. The smallest absolute Gasteiger partial charge is 0.418 e. The molecule has 16 heavy (non-hydrogen) atoms. The Bertz CT molecular complexity index is 490. The molecule has 0 unspecified atom stereocenters. The number of pyridine rings is 1. The van der Waals surface area contributed by atoms with Gasteiger partial charge in [-0.1, -0.05) is 13.3 Å². The molecule has 0 radical (unpaired) electrons. The highest BCUT2D eigenvalue weighted by Gasteiger charge is 2.09. The summed E-state index contributed by atoms with van der Waals surface area (Å²) in [6.45, 7) is 2.53. The monoisotopic (exact) mass is 218 g/mol. The van der Waals surface area contributed by atoms with Crippen molar-refractivity contribution in [1.29, 1.82) is 0 Å². The van der Waals surface area contributed by atoms with Crippen molar-refractivity contribution in [1.82, 2.24) is 9.55 Å². The van der Waals surface area contributed by atoms with E-state index in [-0.39, 0.29) is 6.09 Å². The Labute approximate surface area is 93.9 Å². The van der Waals surface area contributed by atoms with Crippen molar-refractivity contribution < 1.29 is 9.53 Å². The molecule has 0 aromatic carbocycles. The van der Waals surface area contributed by atoms with Crippen LogP contribution in [0.4, 0.5) is 4.79 Å². The van der Waals surface area contributed by atoms with Crippen LogP contribution in [0.5, 0.6) is 0 Å². The van der Waals surface area contributed by atoms with Gasteiger partial charge in [0.15, 0.2) is 0 Å². The lowest BCUT2D eigenvalue weighted by molar-refractivity contribution is 0.147. The Morgan fingerprint density at radius 1 is 1.50 bits per heavy atom. The standard InChI is InChI=1S/C12H14N2O2/c1-2-3-9-16-12(15)14-8-6-10-11(14)5-4-7-13-10/h4-8H,2-3,9H2,1H3. The lowest BCUT2D eigenvalue weighted by atomic mass is 10.4. The first-order valence-corrected chi connectivity index (χ1v) is 5.42. The third-order valence-corrected chi connectivity index (χ3v) is 2.38. The average Bonchev–Trinajstić information content (AvgIpc) is 2.73. The van der Waals surface area contributed by atoms with Gasteiger partial charge in [-0.25, -0.2) is 4.79 Å². The van der Waals surface area contributed by atoms with Gasteiger partial charge in [0.25, 0.3) is 0 Å². The number of unbranched alkanes of at least 4 members (excludes halogenated alkanes) is 1. The van der Waals surface area contributed by atoms with Gasteiger partial charge in [0.1, 0.15) is 0 Å². The third kappa shape index (κ3) is 2.05. The summed E-state index contributed by atoms with van der Waals surface area (Å²) in [5.41, 5.74) is 1.58. The third-order valence-electron chi connectivity index (χ3n) is 2.38. The molecular formula is C12H14N2O2. The molecular weight excluding hydrogens is 204 g/mol. The van der Waals surface area contributed by atoms with Gasteiger partial charge < -0.3 is 4.74 Å². The molecule has 2 rings (SSSR count). The molecule has 4 nitrogen and oxygen atoms in total. The normalized spacial score (nSPS) is 10.6. The van der Waals surface area contributed by atoms with E-state index in [1.54, 1.807) is 24.5 Å². The molecule has 0 fully saturated rings. The summed E-state index contributed by atoms with van der Waals surface area (Å²) < 4.78 is 6.62. The van der Waals surface area contributed by atoms with Gasteiger partial charge >= 0.3 is 6.09 Å². The SMILES string of the molecule is CCCCOC(=O)n1ccc2ncccc21. The average molecular weight is 218 g/mol. The summed E-state index contributed by atoms with van der Waals surface area (Å²) in [6, 6.07) is 5.46. The molecule has 0 saturated heterocycles. The molecule has 0 atom stereocenters. The Kier molecular flexibility index (Phi) is 3.19. The summed E-state index contributed by atoms with van der Waals surface area (Å²) in [6.07, 6.45) is 4.96. The van der Waals surface area contributed by atoms with Gasteiger partial charge in [-0.15, -0.1) is 0 Å². The van der Waals surface area contributed by atoms with Crippen molar-refractivity contribution in [2.75, 3.05) is 6.61 Å². The zero-order valence-corrected chi connectivity index (χ0v) is 9.22. The summed E-state index contributed by atoms with van der Waals surface area (Å²) in [5, 5.41) is 0. The Morgan fingerprint density at radius 2 is 2.38 bits per heavy atom. The first kappa shape index (κ1) is 10.7. The zero-order valence-electron chi connectivity index (χ0n) is 9.22. The van der Waals surface area contributed by atoms with Gasteiger partial charge in [-0.3, -0.25) is 9.55 Å². The maximum absolute atomic E-state index is 11.7. The van der Waals surface area contributed by atoms with Crippen molar-refractivity contribution in [3.63, 3.8) is 0 Å². The molecule has 0 saturated carbocycles. The first-order chi connectivity index (χ1) is 7.83. The summed E-state index contributed by atoms with van der Waals surface area (Å²) in [4.78, 5) is 15.9. The van der Waals surface area contributed by atoms with Crippen molar-refractivity contribution in [3.8, 4) is 0 Å². The van der Waals surface area contributed by atoms with Gasteiger partial charge in [0.05, 0.1) is 17.6 Å². The Hall–Kier alpha value is -1.84. The molecule has 84 valence electrons.